The maximum atomic E-state index is 13.7. The fraction of sp³-hybridized carbons (Fsp3) is 0.0938. The SMILES string of the molecule is C=Cc1noc(=O)c2ccc(NC(=O)C(Cc3cccc(C)c3)c3ccc(Oc4ccccc4)cc3)cc12. The zero-order chi connectivity index (χ0) is 26.5. The van der Waals surface area contributed by atoms with Gasteiger partial charge in [0.2, 0.25) is 5.91 Å². The number of nitrogens with zero attached hydrogens (tertiary/aromatic N) is 1. The van der Waals surface area contributed by atoms with E-state index < -0.39 is 11.5 Å². The largest absolute Gasteiger partial charge is 0.457 e. The quantitative estimate of drug-likeness (QED) is 0.250. The first-order valence-corrected chi connectivity index (χ1v) is 12.3. The smallest absolute Gasteiger partial charge is 0.366 e. The van der Waals surface area contributed by atoms with Crippen molar-refractivity contribution in [1.29, 1.82) is 0 Å². The van der Waals surface area contributed by atoms with Crippen molar-refractivity contribution in [3.05, 3.63) is 136 Å². The number of hydrogen-bond acceptors (Lipinski definition) is 5. The Morgan fingerprint density at radius 1 is 0.947 bits per heavy atom. The van der Waals surface area contributed by atoms with E-state index in [4.69, 9.17) is 9.26 Å². The molecule has 1 N–H and O–H groups in total. The first-order valence-electron chi connectivity index (χ1n) is 12.3. The van der Waals surface area contributed by atoms with E-state index in [1.807, 2.05) is 79.7 Å². The van der Waals surface area contributed by atoms with Gasteiger partial charge in [0.15, 0.2) is 0 Å². The Balaban J connectivity index is 1.44. The lowest BCUT2D eigenvalue weighted by molar-refractivity contribution is -0.117. The van der Waals surface area contributed by atoms with Crippen molar-refractivity contribution in [3.8, 4) is 11.5 Å². The van der Waals surface area contributed by atoms with Gasteiger partial charge in [0.25, 0.3) is 0 Å². The van der Waals surface area contributed by atoms with Crippen LogP contribution in [0.2, 0.25) is 0 Å². The number of nitrogens with one attached hydrogen (secondary N) is 1. The van der Waals surface area contributed by atoms with E-state index in [1.54, 1.807) is 18.2 Å². The summed E-state index contributed by atoms with van der Waals surface area (Å²) in [6.07, 6.45) is 2.03. The summed E-state index contributed by atoms with van der Waals surface area (Å²) in [7, 11) is 0. The van der Waals surface area contributed by atoms with Crippen LogP contribution in [0.3, 0.4) is 0 Å². The molecule has 5 aromatic rings. The number of anilines is 1. The molecule has 1 unspecified atom stereocenters. The Hall–Kier alpha value is -4.97. The lowest BCUT2D eigenvalue weighted by Gasteiger charge is -2.19. The number of amides is 1. The highest BCUT2D eigenvalue weighted by Crippen LogP contribution is 2.28. The molecule has 0 aliphatic heterocycles. The van der Waals surface area contributed by atoms with Crippen molar-refractivity contribution in [2.24, 2.45) is 0 Å². The van der Waals surface area contributed by atoms with Crippen LogP contribution in [-0.2, 0) is 11.2 Å². The standard InChI is InChI=1S/C32H26N2O4/c1-3-30-29-20-24(14-17-27(29)32(36)38-34-30)33-31(35)28(19-22-9-7-8-21(2)18-22)23-12-15-26(16-13-23)37-25-10-5-4-6-11-25/h3-18,20,28H,1,19H2,2H3,(H,33,35). The minimum atomic E-state index is -0.543. The van der Waals surface area contributed by atoms with Gasteiger partial charge in [-0.25, -0.2) is 4.79 Å². The first kappa shape index (κ1) is 24.7. The van der Waals surface area contributed by atoms with Gasteiger partial charge in [-0.05, 0) is 73.0 Å². The summed E-state index contributed by atoms with van der Waals surface area (Å²) in [4.78, 5) is 25.8. The summed E-state index contributed by atoms with van der Waals surface area (Å²) in [5.41, 5.74) is 3.49. The molecule has 6 heteroatoms. The number of carbonyl (C=O) groups excluding carboxylic acids is 1. The molecule has 188 valence electrons. The number of aromatic nitrogens is 1. The number of hydrogen-bond donors (Lipinski definition) is 1. The van der Waals surface area contributed by atoms with Crippen LogP contribution in [0.1, 0.15) is 28.3 Å². The van der Waals surface area contributed by atoms with Crippen molar-refractivity contribution < 1.29 is 14.1 Å². The van der Waals surface area contributed by atoms with Crippen molar-refractivity contribution in [3.63, 3.8) is 0 Å². The number of rotatable bonds is 8. The molecule has 6 nitrogen and oxygen atoms in total. The highest BCUT2D eigenvalue weighted by molar-refractivity contribution is 5.99. The molecular weight excluding hydrogens is 476 g/mol. The van der Waals surface area contributed by atoms with Crippen molar-refractivity contribution in [1.82, 2.24) is 5.16 Å². The van der Waals surface area contributed by atoms with E-state index in [0.29, 0.717) is 34.3 Å². The average molecular weight is 503 g/mol. The van der Waals surface area contributed by atoms with Gasteiger partial charge in [-0.15, -0.1) is 0 Å². The third-order valence-corrected chi connectivity index (χ3v) is 6.30. The van der Waals surface area contributed by atoms with Crippen LogP contribution < -0.4 is 15.7 Å². The van der Waals surface area contributed by atoms with Gasteiger partial charge in [-0.2, -0.15) is 0 Å². The Bertz CT molecular complexity index is 1660. The molecule has 4 aromatic carbocycles. The highest BCUT2D eigenvalue weighted by atomic mass is 16.5. The van der Waals surface area contributed by atoms with E-state index in [1.165, 1.54) is 6.08 Å². The predicted molar refractivity (Wildman–Crippen MR) is 150 cm³/mol. The minimum Gasteiger partial charge on any atom is -0.457 e. The maximum Gasteiger partial charge on any atom is 0.366 e. The summed E-state index contributed by atoms with van der Waals surface area (Å²) in [6, 6.07) is 30.3. The lowest BCUT2D eigenvalue weighted by atomic mass is 9.90. The van der Waals surface area contributed by atoms with E-state index in [0.717, 1.165) is 22.4 Å². The van der Waals surface area contributed by atoms with Crippen LogP contribution in [0.5, 0.6) is 11.5 Å². The van der Waals surface area contributed by atoms with Crippen LogP contribution in [0.25, 0.3) is 16.8 Å². The van der Waals surface area contributed by atoms with Gasteiger partial charge in [0.1, 0.15) is 17.2 Å². The Labute approximate surface area is 220 Å². The molecule has 5 rings (SSSR count). The van der Waals surface area contributed by atoms with E-state index in [9.17, 15) is 9.59 Å². The zero-order valence-corrected chi connectivity index (χ0v) is 20.9. The number of fused-ring (bicyclic) bond motifs is 1. The molecular formula is C32H26N2O4. The van der Waals surface area contributed by atoms with Gasteiger partial charge >= 0.3 is 5.63 Å². The number of ether oxygens (including phenoxy) is 1. The Morgan fingerprint density at radius 2 is 1.71 bits per heavy atom. The molecule has 0 radical (unpaired) electrons. The average Bonchev–Trinajstić information content (AvgIpc) is 2.93. The second-order valence-electron chi connectivity index (χ2n) is 9.04. The van der Waals surface area contributed by atoms with Crippen LogP contribution >= 0.6 is 0 Å². The Kier molecular flexibility index (Phi) is 7.13. The summed E-state index contributed by atoms with van der Waals surface area (Å²) in [5.74, 6) is 0.801. The predicted octanol–water partition coefficient (Wildman–Crippen LogP) is 6.90. The molecule has 0 bridgehead atoms. The Morgan fingerprint density at radius 3 is 2.45 bits per heavy atom. The highest BCUT2D eigenvalue weighted by Gasteiger charge is 2.22. The normalized spacial score (nSPS) is 11.6. The molecule has 0 fully saturated rings. The van der Waals surface area contributed by atoms with Crippen LogP contribution in [0.4, 0.5) is 5.69 Å². The van der Waals surface area contributed by atoms with Gasteiger partial charge in [-0.1, -0.05) is 71.9 Å². The van der Waals surface area contributed by atoms with E-state index in [-0.39, 0.29) is 5.91 Å². The number of para-hydroxylation sites is 1. The van der Waals surface area contributed by atoms with Gasteiger partial charge in [0, 0.05) is 11.1 Å². The van der Waals surface area contributed by atoms with Gasteiger partial charge in [-0.3, -0.25) is 4.79 Å². The van der Waals surface area contributed by atoms with Crippen molar-refractivity contribution >= 4 is 28.4 Å². The third kappa shape index (κ3) is 5.55. The number of benzene rings is 4. The number of aryl methyl sites for hydroxylation is 1. The molecule has 1 heterocycles. The summed E-state index contributed by atoms with van der Waals surface area (Å²) in [5, 5.41) is 7.76. The second-order valence-corrected chi connectivity index (χ2v) is 9.04. The van der Waals surface area contributed by atoms with Crippen molar-refractivity contribution in [2.75, 3.05) is 5.32 Å². The minimum absolute atomic E-state index is 0.168. The molecule has 0 spiro atoms. The summed E-state index contributed by atoms with van der Waals surface area (Å²) >= 11 is 0. The summed E-state index contributed by atoms with van der Waals surface area (Å²) < 4.78 is 10.8. The fourth-order valence-electron chi connectivity index (χ4n) is 4.41. The van der Waals surface area contributed by atoms with Crippen LogP contribution in [-0.4, -0.2) is 11.1 Å². The second kappa shape index (κ2) is 11.0. The monoisotopic (exact) mass is 502 g/mol. The van der Waals surface area contributed by atoms with Crippen LogP contribution in [0, 0.1) is 6.92 Å². The van der Waals surface area contributed by atoms with Crippen LogP contribution in [0.15, 0.2) is 113 Å². The third-order valence-electron chi connectivity index (χ3n) is 6.30. The molecule has 0 aliphatic carbocycles. The van der Waals surface area contributed by atoms with E-state index in [2.05, 4.69) is 23.1 Å². The molecule has 1 aromatic heterocycles. The van der Waals surface area contributed by atoms with Crippen molar-refractivity contribution in [2.45, 2.75) is 19.3 Å². The van der Waals surface area contributed by atoms with Gasteiger partial charge in [0.05, 0.1) is 11.3 Å². The molecule has 0 saturated carbocycles. The number of carbonyl (C=O) groups is 1. The summed E-state index contributed by atoms with van der Waals surface area (Å²) in [6.45, 7) is 5.77. The fourth-order valence-corrected chi connectivity index (χ4v) is 4.41. The molecule has 1 atom stereocenters. The molecule has 1 amide bonds. The topological polar surface area (TPSA) is 81.4 Å². The lowest BCUT2D eigenvalue weighted by Crippen LogP contribution is -2.23. The first-order chi connectivity index (χ1) is 18.5. The van der Waals surface area contributed by atoms with Gasteiger partial charge < -0.3 is 14.6 Å². The molecule has 0 saturated heterocycles. The zero-order valence-electron chi connectivity index (χ0n) is 20.9. The molecule has 38 heavy (non-hydrogen) atoms. The molecule has 0 aliphatic rings. The van der Waals surface area contributed by atoms with E-state index >= 15 is 0 Å². The maximum absolute atomic E-state index is 13.7.